The molecular weight excluding hydrogens is 236 g/mol. The fourth-order valence-corrected chi connectivity index (χ4v) is 1.98. The van der Waals surface area contributed by atoms with E-state index >= 15 is 0 Å². The molecule has 0 aliphatic carbocycles. The number of rotatable bonds is 4. The molecule has 3 nitrogen and oxygen atoms in total. The molecule has 0 fully saturated rings. The highest BCUT2D eigenvalue weighted by atomic mass is 16.2. The second kappa shape index (κ2) is 6.16. The molecule has 98 valence electrons. The summed E-state index contributed by atoms with van der Waals surface area (Å²) in [6.07, 6.45) is 0. The Kier molecular flexibility index (Phi) is 4.31. The van der Waals surface area contributed by atoms with Crippen LogP contribution < -0.4 is 5.73 Å². The molecule has 2 aromatic rings. The number of carbonyl (C=O) groups excluding carboxylic acids is 1. The Hall–Kier alpha value is -2.13. The van der Waals surface area contributed by atoms with Crippen molar-refractivity contribution in [1.82, 2.24) is 4.90 Å². The lowest BCUT2D eigenvalue weighted by Crippen LogP contribution is -2.35. The topological polar surface area (TPSA) is 46.3 Å². The van der Waals surface area contributed by atoms with Gasteiger partial charge >= 0.3 is 0 Å². The van der Waals surface area contributed by atoms with Crippen molar-refractivity contribution in [3.05, 3.63) is 71.8 Å². The third-order valence-electron chi connectivity index (χ3n) is 3.06. The molecular formula is C16H18N2O. The van der Waals surface area contributed by atoms with Crippen molar-refractivity contribution in [2.24, 2.45) is 5.73 Å². The lowest BCUT2D eigenvalue weighted by atomic mass is 10.1. The first-order valence-corrected chi connectivity index (χ1v) is 6.28. The summed E-state index contributed by atoms with van der Waals surface area (Å²) in [5.41, 5.74) is 7.94. The van der Waals surface area contributed by atoms with E-state index in [9.17, 15) is 4.79 Å². The maximum Gasteiger partial charge on any atom is 0.244 e. The van der Waals surface area contributed by atoms with Crippen molar-refractivity contribution in [1.29, 1.82) is 0 Å². The second-order valence-corrected chi connectivity index (χ2v) is 4.57. The number of hydrogen-bond donors (Lipinski definition) is 1. The summed E-state index contributed by atoms with van der Waals surface area (Å²) in [6, 6.07) is 18.7. The first kappa shape index (κ1) is 13.3. The third-order valence-corrected chi connectivity index (χ3v) is 3.06. The van der Waals surface area contributed by atoms with Gasteiger partial charge in [0.1, 0.15) is 6.04 Å². The zero-order valence-corrected chi connectivity index (χ0v) is 11.0. The molecule has 2 aromatic carbocycles. The zero-order chi connectivity index (χ0) is 13.7. The van der Waals surface area contributed by atoms with Gasteiger partial charge in [0.15, 0.2) is 0 Å². The molecule has 0 radical (unpaired) electrons. The van der Waals surface area contributed by atoms with E-state index in [1.165, 1.54) is 0 Å². The summed E-state index contributed by atoms with van der Waals surface area (Å²) in [5.74, 6) is -0.0740. The Bertz CT molecular complexity index is 525. The molecule has 0 saturated carbocycles. The molecule has 0 aromatic heterocycles. The highest BCUT2D eigenvalue weighted by Gasteiger charge is 2.19. The molecule has 3 heteroatoms. The lowest BCUT2D eigenvalue weighted by molar-refractivity contribution is -0.131. The summed E-state index contributed by atoms with van der Waals surface area (Å²) >= 11 is 0. The Morgan fingerprint density at radius 2 is 1.58 bits per heavy atom. The van der Waals surface area contributed by atoms with Gasteiger partial charge in [-0.1, -0.05) is 60.7 Å². The van der Waals surface area contributed by atoms with Crippen LogP contribution in [-0.2, 0) is 11.3 Å². The monoisotopic (exact) mass is 254 g/mol. The summed E-state index contributed by atoms with van der Waals surface area (Å²) in [5, 5.41) is 0. The van der Waals surface area contributed by atoms with Crippen LogP contribution in [0.4, 0.5) is 0 Å². The molecule has 0 aliphatic heterocycles. The van der Waals surface area contributed by atoms with Gasteiger partial charge in [-0.25, -0.2) is 0 Å². The number of nitrogens with two attached hydrogens (primary N) is 1. The minimum atomic E-state index is -0.602. The predicted octanol–water partition coefficient (Wildman–Crippen LogP) is 2.35. The van der Waals surface area contributed by atoms with Crippen molar-refractivity contribution in [2.45, 2.75) is 12.6 Å². The van der Waals surface area contributed by atoms with Crippen molar-refractivity contribution >= 4 is 5.91 Å². The Labute approximate surface area is 113 Å². The van der Waals surface area contributed by atoms with Crippen molar-refractivity contribution in [3.63, 3.8) is 0 Å². The molecule has 0 saturated heterocycles. The minimum Gasteiger partial charge on any atom is -0.340 e. The van der Waals surface area contributed by atoms with Gasteiger partial charge in [-0.2, -0.15) is 0 Å². The van der Waals surface area contributed by atoms with Crippen LogP contribution in [0.5, 0.6) is 0 Å². The Morgan fingerprint density at radius 1 is 1.05 bits per heavy atom. The average molecular weight is 254 g/mol. The van der Waals surface area contributed by atoms with Gasteiger partial charge in [0.05, 0.1) is 0 Å². The van der Waals surface area contributed by atoms with Crippen LogP contribution in [0.25, 0.3) is 0 Å². The highest BCUT2D eigenvalue weighted by molar-refractivity contribution is 5.82. The molecule has 2 N–H and O–H groups in total. The van der Waals surface area contributed by atoms with Crippen molar-refractivity contribution < 1.29 is 4.79 Å². The van der Waals surface area contributed by atoms with Crippen LogP contribution in [0.3, 0.4) is 0 Å². The van der Waals surface area contributed by atoms with E-state index in [4.69, 9.17) is 5.73 Å². The summed E-state index contributed by atoms with van der Waals surface area (Å²) < 4.78 is 0. The Balaban J connectivity index is 2.03. The first-order chi connectivity index (χ1) is 9.18. The molecule has 0 spiro atoms. The van der Waals surface area contributed by atoms with E-state index in [-0.39, 0.29) is 5.91 Å². The van der Waals surface area contributed by atoms with Crippen LogP contribution in [0.2, 0.25) is 0 Å². The normalized spacial score (nSPS) is 11.9. The number of nitrogens with zero attached hydrogens (tertiary/aromatic N) is 1. The van der Waals surface area contributed by atoms with Gasteiger partial charge < -0.3 is 10.6 Å². The summed E-state index contributed by atoms with van der Waals surface area (Å²) in [4.78, 5) is 13.9. The first-order valence-electron chi connectivity index (χ1n) is 6.28. The molecule has 0 unspecified atom stereocenters. The van der Waals surface area contributed by atoms with E-state index < -0.39 is 6.04 Å². The number of hydrogen-bond acceptors (Lipinski definition) is 2. The predicted molar refractivity (Wildman–Crippen MR) is 76.3 cm³/mol. The van der Waals surface area contributed by atoms with Crippen LogP contribution in [-0.4, -0.2) is 17.9 Å². The maximum absolute atomic E-state index is 12.2. The quantitative estimate of drug-likeness (QED) is 0.910. The van der Waals surface area contributed by atoms with E-state index in [0.29, 0.717) is 6.54 Å². The fraction of sp³-hybridized carbons (Fsp3) is 0.188. The molecule has 2 rings (SSSR count). The molecule has 0 heterocycles. The summed E-state index contributed by atoms with van der Waals surface area (Å²) in [6.45, 7) is 0.570. The van der Waals surface area contributed by atoms with E-state index in [2.05, 4.69) is 0 Å². The van der Waals surface area contributed by atoms with Crippen LogP contribution >= 0.6 is 0 Å². The van der Waals surface area contributed by atoms with Gasteiger partial charge in [0.25, 0.3) is 0 Å². The number of benzene rings is 2. The maximum atomic E-state index is 12.2. The SMILES string of the molecule is CN(Cc1ccccc1)C(=O)[C@H](N)c1ccccc1. The van der Waals surface area contributed by atoms with E-state index in [1.807, 2.05) is 60.7 Å². The average Bonchev–Trinajstić information content (AvgIpc) is 2.47. The number of carbonyl (C=O) groups is 1. The molecule has 0 bridgehead atoms. The van der Waals surface area contributed by atoms with E-state index in [1.54, 1.807) is 11.9 Å². The molecule has 19 heavy (non-hydrogen) atoms. The van der Waals surface area contributed by atoms with Crippen molar-refractivity contribution in [3.8, 4) is 0 Å². The zero-order valence-electron chi connectivity index (χ0n) is 11.0. The van der Waals surface area contributed by atoms with Gasteiger partial charge in [-0.3, -0.25) is 4.79 Å². The smallest absolute Gasteiger partial charge is 0.244 e. The van der Waals surface area contributed by atoms with Crippen LogP contribution in [0.1, 0.15) is 17.2 Å². The van der Waals surface area contributed by atoms with Crippen LogP contribution in [0, 0.1) is 0 Å². The summed E-state index contributed by atoms with van der Waals surface area (Å²) in [7, 11) is 1.78. The van der Waals surface area contributed by atoms with E-state index in [0.717, 1.165) is 11.1 Å². The minimum absolute atomic E-state index is 0.0740. The third kappa shape index (κ3) is 3.42. The van der Waals surface area contributed by atoms with Gasteiger partial charge in [-0.05, 0) is 11.1 Å². The number of amides is 1. The van der Waals surface area contributed by atoms with Crippen molar-refractivity contribution in [2.75, 3.05) is 7.05 Å². The highest BCUT2D eigenvalue weighted by Crippen LogP contribution is 2.13. The van der Waals surface area contributed by atoms with Gasteiger partial charge in [0.2, 0.25) is 5.91 Å². The number of likely N-dealkylation sites (N-methyl/N-ethyl adjacent to an activating group) is 1. The standard InChI is InChI=1S/C16H18N2O/c1-18(12-13-8-4-2-5-9-13)16(19)15(17)14-10-6-3-7-11-14/h2-11,15H,12,17H2,1H3/t15-/m1/s1. The van der Waals surface area contributed by atoms with Gasteiger partial charge in [-0.15, -0.1) is 0 Å². The molecule has 1 amide bonds. The fourth-order valence-electron chi connectivity index (χ4n) is 1.98. The van der Waals surface area contributed by atoms with Gasteiger partial charge in [0, 0.05) is 13.6 Å². The lowest BCUT2D eigenvalue weighted by Gasteiger charge is -2.21. The molecule has 0 aliphatic rings. The van der Waals surface area contributed by atoms with Crippen LogP contribution in [0.15, 0.2) is 60.7 Å². The second-order valence-electron chi connectivity index (χ2n) is 4.57. The largest absolute Gasteiger partial charge is 0.340 e. The molecule has 1 atom stereocenters. The Morgan fingerprint density at radius 3 is 2.16 bits per heavy atom.